The van der Waals surface area contributed by atoms with E-state index in [9.17, 15) is 5.11 Å². The lowest BCUT2D eigenvalue weighted by atomic mass is 9.83. The van der Waals surface area contributed by atoms with Crippen LogP contribution in [0.4, 0.5) is 11.4 Å². The second-order valence-corrected chi connectivity index (χ2v) is 8.35. The molecule has 0 saturated carbocycles. The Morgan fingerprint density at radius 2 is 1.97 bits per heavy atom. The SMILES string of the molecule is COC(OC)[C@@]1(C)Oc2ccc(N)cc2[C@@H](N(Cc2ncc[nH]2)c2ccc(Cl)cc2)[C@@H]1O. The molecule has 170 valence electrons. The molecule has 4 rings (SSSR count). The maximum absolute atomic E-state index is 11.7. The zero-order chi connectivity index (χ0) is 22.9. The van der Waals surface area contributed by atoms with Gasteiger partial charge >= 0.3 is 0 Å². The molecule has 1 aromatic heterocycles. The number of rotatable bonds is 7. The summed E-state index contributed by atoms with van der Waals surface area (Å²) in [6.07, 6.45) is 1.59. The van der Waals surface area contributed by atoms with Crippen molar-refractivity contribution in [3.8, 4) is 5.75 Å². The van der Waals surface area contributed by atoms with E-state index in [4.69, 9.17) is 31.5 Å². The number of aliphatic hydroxyl groups excluding tert-OH is 1. The highest BCUT2D eigenvalue weighted by Gasteiger charge is 2.53. The molecule has 1 aliphatic rings. The number of ether oxygens (including phenoxy) is 3. The van der Waals surface area contributed by atoms with Crippen molar-refractivity contribution < 1.29 is 19.3 Å². The third-order valence-corrected chi connectivity index (χ3v) is 6.09. The van der Waals surface area contributed by atoms with E-state index in [2.05, 4.69) is 9.97 Å². The van der Waals surface area contributed by atoms with E-state index in [-0.39, 0.29) is 0 Å². The Morgan fingerprint density at radius 3 is 2.59 bits per heavy atom. The van der Waals surface area contributed by atoms with E-state index in [1.165, 1.54) is 14.2 Å². The summed E-state index contributed by atoms with van der Waals surface area (Å²) in [7, 11) is 3.03. The lowest BCUT2D eigenvalue weighted by Gasteiger charge is -2.50. The van der Waals surface area contributed by atoms with Crippen LogP contribution in [-0.4, -0.2) is 47.3 Å². The number of H-pyrrole nitrogens is 1. The fraction of sp³-hybridized carbons (Fsp3) is 0.348. The van der Waals surface area contributed by atoms with E-state index in [1.54, 1.807) is 31.5 Å². The van der Waals surface area contributed by atoms with Gasteiger partial charge in [-0.15, -0.1) is 0 Å². The number of nitrogens with two attached hydrogens (primary N) is 1. The highest BCUT2D eigenvalue weighted by atomic mass is 35.5. The zero-order valence-electron chi connectivity index (χ0n) is 18.2. The molecule has 9 heteroatoms. The second-order valence-electron chi connectivity index (χ2n) is 7.92. The van der Waals surface area contributed by atoms with Crippen LogP contribution in [0.3, 0.4) is 0 Å². The molecule has 0 saturated heterocycles. The lowest BCUT2D eigenvalue weighted by Crippen LogP contribution is -2.62. The first-order valence-electron chi connectivity index (χ1n) is 10.2. The van der Waals surface area contributed by atoms with Crippen molar-refractivity contribution in [3.63, 3.8) is 0 Å². The third kappa shape index (κ3) is 4.02. The van der Waals surface area contributed by atoms with E-state index in [0.29, 0.717) is 23.0 Å². The zero-order valence-corrected chi connectivity index (χ0v) is 18.9. The minimum atomic E-state index is -1.20. The lowest BCUT2D eigenvalue weighted by molar-refractivity contribution is -0.237. The minimum Gasteiger partial charge on any atom is -0.479 e. The summed E-state index contributed by atoms with van der Waals surface area (Å²) in [6.45, 7) is 2.17. The van der Waals surface area contributed by atoms with Crippen LogP contribution in [0.5, 0.6) is 5.75 Å². The Morgan fingerprint density at radius 1 is 1.25 bits per heavy atom. The predicted octanol–water partition coefficient (Wildman–Crippen LogP) is 3.52. The first-order valence-corrected chi connectivity index (χ1v) is 10.6. The summed E-state index contributed by atoms with van der Waals surface area (Å²) in [5.74, 6) is 1.33. The van der Waals surface area contributed by atoms with E-state index >= 15 is 0 Å². The van der Waals surface area contributed by atoms with E-state index in [0.717, 1.165) is 17.1 Å². The fourth-order valence-corrected chi connectivity index (χ4v) is 4.42. The standard InChI is InChI=1S/C23H27ClN4O4/c1-23(22(30-2)31-3)21(29)20(17-12-15(25)6-9-18(17)32-23)28(13-19-26-10-11-27-19)16-7-4-14(24)5-8-16/h4-12,20-22,29H,13,25H2,1-3H3,(H,26,27)/t20-,21+,23+/m1/s1. The average molecular weight is 459 g/mol. The summed E-state index contributed by atoms with van der Waals surface area (Å²) in [5.41, 5.74) is 7.09. The van der Waals surface area contributed by atoms with Gasteiger partial charge in [0.25, 0.3) is 0 Å². The number of aliphatic hydroxyl groups is 1. The van der Waals surface area contributed by atoms with Gasteiger partial charge in [0, 0.05) is 48.6 Å². The Labute approximate surface area is 191 Å². The van der Waals surface area contributed by atoms with Crippen LogP contribution in [0.25, 0.3) is 0 Å². The molecule has 8 nitrogen and oxygen atoms in total. The Balaban J connectivity index is 1.88. The number of imidazole rings is 1. The van der Waals surface area contributed by atoms with Crippen molar-refractivity contribution in [2.45, 2.75) is 37.5 Å². The molecule has 4 N–H and O–H groups in total. The van der Waals surface area contributed by atoms with Gasteiger partial charge in [0.2, 0.25) is 0 Å². The Kier molecular flexibility index (Phi) is 6.30. The number of aromatic amines is 1. The molecule has 0 radical (unpaired) electrons. The van der Waals surface area contributed by atoms with Gasteiger partial charge in [0.1, 0.15) is 17.7 Å². The molecule has 3 atom stereocenters. The van der Waals surface area contributed by atoms with Crippen molar-refractivity contribution in [1.82, 2.24) is 9.97 Å². The second kappa shape index (κ2) is 8.99. The molecule has 32 heavy (non-hydrogen) atoms. The van der Waals surface area contributed by atoms with Crippen molar-refractivity contribution >= 4 is 23.0 Å². The number of nitrogens with zero attached hydrogens (tertiary/aromatic N) is 2. The molecule has 0 spiro atoms. The number of nitrogens with one attached hydrogen (secondary N) is 1. The van der Waals surface area contributed by atoms with Gasteiger partial charge in [-0.25, -0.2) is 4.98 Å². The molecule has 2 aromatic carbocycles. The number of anilines is 2. The van der Waals surface area contributed by atoms with Crippen molar-refractivity contribution in [2.24, 2.45) is 0 Å². The molecule has 0 aliphatic carbocycles. The molecule has 0 amide bonds. The average Bonchev–Trinajstić information content (AvgIpc) is 3.29. The summed E-state index contributed by atoms with van der Waals surface area (Å²) in [4.78, 5) is 9.57. The van der Waals surface area contributed by atoms with Gasteiger partial charge in [-0.1, -0.05) is 11.6 Å². The first-order chi connectivity index (χ1) is 15.4. The van der Waals surface area contributed by atoms with Gasteiger partial charge in [0.05, 0.1) is 12.6 Å². The monoisotopic (exact) mass is 458 g/mol. The topological polar surface area (TPSA) is 106 Å². The number of fused-ring (bicyclic) bond motifs is 1. The summed E-state index contributed by atoms with van der Waals surface area (Å²) in [6, 6.07) is 12.3. The van der Waals surface area contributed by atoms with Gasteiger partial charge in [-0.2, -0.15) is 0 Å². The van der Waals surface area contributed by atoms with Crippen LogP contribution in [0, 0.1) is 0 Å². The van der Waals surface area contributed by atoms with Crippen LogP contribution < -0.4 is 15.4 Å². The molecule has 2 heterocycles. The molecule has 0 fully saturated rings. The highest BCUT2D eigenvalue weighted by Crippen LogP contribution is 2.47. The van der Waals surface area contributed by atoms with Crippen LogP contribution in [0.2, 0.25) is 5.02 Å². The first kappa shape index (κ1) is 22.4. The number of halogens is 1. The maximum atomic E-state index is 11.7. The van der Waals surface area contributed by atoms with Crippen LogP contribution in [-0.2, 0) is 16.0 Å². The molecular formula is C23H27ClN4O4. The minimum absolute atomic E-state index is 0.394. The maximum Gasteiger partial charge on any atom is 0.199 e. The number of methoxy groups -OCH3 is 2. The molecule has 0 unspecified atom stereocenters. The number of hydrogen-bond donors (Lipinski definition) is 3. The van der Waals surface area contributed by atoms with Crippen molar-refractivity contribution in [3.05, 3.63) is 71.3 Å². The largest absolute Gasteiger partial charge is 0.479 e. The van der Waals surface area contributed by atoms with Gasteiger partial charge in [0.15, 0.2) is 11.9 Å². The van der Waals surface area contributed by atoms with Crippen LogP contribution in [0.15, 0.2) is 54.9 Å². The third-order valence-electron chi connectivity index (χ3n) is 5.83. The summed E-state index contributed by atoms with van der Waals surface area (Å²) in [5, 5.41) is 12.4. The number of hydrogen-bond acceptors (Lipinski definition) is 7. The summed E-state index contributed by atoms with van der Waals surface area (Å²) < 4.78 is 17.3. The van der Waals surface area contributed by atoms with Gasteiger partial charge in [-0.3, -0.25) is 0 Å². The van der Waals surface area contributed by atoms with Gasteiger partial charge < -0.3 is 34.9 Å². The molecule has 1 aliphatic heterocycles. The number of nitrogen functional groups attached to an aromatic ring is 1. The van der Waals surface area contributed by atoms with E-state index in [1.807, 2.05) is 35.2 Å². The van der Waals surface area contributed by atoms with Crippen molar-refractivity contribution in [1.29, 1.82) is 0 Å². The smallest absolute Gasteiger partial charge is 0.199 e. The Hall–Kier alpha value is -2.78. The highest BCUT2D eigenvalue weighted by molar-refractivity contribution is 6.30. The molecular weight excluding hydrogens is 432 g/mol. The predicted molar refractivity (Wildman–Crippen MR) is 123 cm³/mol. The number of benzene rings is 2. The summed E-state index contributed by atoms with van der Waals surface area (Å²) >= 11 is 6.14. The molecule has 0 bridgehead atoms. The van der Waals surface area contributed by atoms with Crippen LogP contribution in [0.1, 0.15) is 24.4 Å². The fourth-order valence-electron chi connectivity index (χ4n) is 4.29. The normalized spacial score (nSPS) is 22.4. The van der Waals surface area contributed by atoms with E-state index < -0.39 is 24.0 Å². The van der Waals surface area contributed by atoms with Crippen LogP contribution >= 0.6 is 11.6 Å². The van der Waals surface area contributed by atoms with Gasteiger partial charge in [-0.05, 0) is 49.4 Å². The quantitative estimate of drug-likeness (QED) is 0.367. The number of aromatic nitrogens is 2. The Bertz CT molecular complexity index is 1040. The molecule has 3 aromatic rings. The van der Waals surface area contributed by atoms with Crippen molar-refractivity contribution in [2.75, 3.05) is 24.9 Å².